The molecule has 0 amide bonds. The number of nitrogen functional groups attached to an aromatic ring is 1. The van der Waals surface area contributed by atoms with Crippen molar-refractivity contribution in [1.29, 1.82) is 0 Å². The lowest BCUT2D eigenvalue weighted by Gasteiger charge is -2.03. The number of hydrogen-bond acceptors (Lipinski definition) is 2. The van der Waals surface area contributed by atoms with Gasteiger partial charge in [-0.2, -0.15) is 5.10 Å². The maximum atomic E-state index is 13.6. The number of aromatic amines is 1. The standard InChI is InChI=1S/C14H12FN3/c15-12-4-2-1-3-10(12)7-9-5-6-13-11(8-9)14(16)18-17-13/h1-6,8H,7H2,(H3,16,17,18). The van der Waals surface area contributed by atoms with Crippen LogP contribution in [-0.2, 0) is 6.42 Å². The molecule has 0 spiro atoms. The summed E-state index contributed by atoms with van der Waals surface area (Å²) in [6.45, 7) is 0. The molecule has 3 aromatic rings. The fraction of sp³-hybridized carbons (Fsp3) is 0.0714. The number of nitrogens with two attached hydrogens (primary N) is 1. The number of rotatable bonds is 2. The molecule has 0 aliphatic carbocycles. The van der Waals surface area contributed by atoms with Crippen molar-refractivity contribution in [3.8, 4) is 0 Å². The van der Waals surface area contributed by atoms with E-state index in [2.05, 4.69) is 10.2 Å². The van der Waals surface area contributed by atoms with E-state index in [4.69, 9.17) is 5.73 Å². The van der Waals surface area contributed by atoms with Crippen molar-refractivity contribution >= 4 is 16.7 Å². The molecule has 0 fully saturated rings. The van der Waals surface area contributed by atoms with E-state index >= 15 is 0 Å². The number of fused-ring (bicyclic) bond motifs is 1. The topological polar surface area (TPSA) is 54.7 Å². The van der Waals surface area contributed by atoms with Crippen molar-refractivity contribution in [3.05, 3.63) is 59.4 Å². The Morgan fingerprint density at radius 1 is 1.17 bits per heavy atom. The van der Waals surface area contributed by atoms with E-state index in [1.165, 1.54) is 6.07 Å². The first-order valence-corrected chi connectivity index (χ1v) is 5.70. The van der Waals surface area contributed by atoms with E-state index in [-0.39, 0.29) is 5.82 Å². The van der Waals surface area contributed by atoms with Crippen molar-refractivity contribution in [2.45, 2.75) is 6.42 Å². The van der Waals surface area contributed by atoms with Crippen LogP contribution < -0.4 is 5.73 Å². The lowest BCUT2D eigenvalue weighted by Crippen LogP contribution is -1.92. The van der Waals surface area contributed by atoms with E-state index in [1.807, 2.05) is 24.3 Å². The van der Waals surface area contributed by atoms with Gasteiger partial charge in [0.25, 0.3) is 0 Å². The molecule has 2 aromatic carbocycles. The minimum Gasteiger partial charge on any atom is -0.382 e. The van der Waals surface area contributed by atoms with Crippen molar-refractivity contribution in [1.82, 2.24) is 10.2 Å². The van der Waals surface area contributed by atoms with Crippen LogP contribution >= 0.6 is 0 Å². The fourth-order valence-electron chi connectivity index (χ4n) is 2.05. The van der Waals surface area contributed by atoms with Crippen LogP contribution in [0.2, 0.25) is 0 Å². The molecule has 3 nitrogen and oxygen atoms in total. The lowest BCUT2D eigenvalue weighted by molar-refractivity contribution is 0.614. The molecule has 0 saturated heterocycles. The Hall–Kier alpha value is -2.36. The molecule has 3 N–H and O–H groups in total. The highest BCUT2D eigenvalue weighted by Gasteiger charge is 2.06. The van der Waals surface area contributed by atoms with E-state index in [0.29, 0.717) is 17.8 Å². The number of hydrogen-bond donors (Lipinski definition) is 2. The van der Waals surface area contributed by atoms with E-state index in [1.54, 1.807) is 12.1 Å². The smallest absolute Gasteiger partial charge is 0.153 e. The third-order valence-corrected chi connectivity index (χ3v) is 3.01. The second kappa shape index (κ2) is 4.14. The average Bonchev–Trinajstić information content (AvgIpc) is 2.74. The molecule has 0 saturated carbocycles. The number of benzene rings is 2. The summed E-state index contributed by atoms with van der Waals surface area (Å²) in [5, 5.41) is 7.66. The van der Waals surface area contributed by atoms with Crippen molar-refractivity contribution in [2.75, 3.05) is 5.73 Å². The van der Waals surface area contributed by atoms with Gasteiger partial charge in [0.15, 0.2) is 5.82 Å². The molecule has 0 atom stereocenters. The fourth-order valence-corrected chi connectivity index (χ4v) is 2.05. The summed E-state index contributed by atoms with van der Waals surface area (Å²) in [7, 11) is 0. The Morgan fingerprint density at radius 3 is 2.83 bits per heavy atom. The quantitative estimate of drug-likeness (QED) is 0.724. The predicted octanol–water partition coefficient (Wildman–Crippen LogP) is 2.88. The molecule has 1 heterocycles. The van der Waals surface area contributed by atoms with Gasteiger partial charge in [-0.15, -0.1) is 0 Å². The van der Waals surface area contributed by atoms with E-state index in [0.717, 1.165) is 16.5 Å². The molecule has 0 radical (unpaired) electrons. The molecular formula is C14H12FN3. The SMILES string of the molecule is Nc1n[nH]c2ccc(Cc3ccccc3F)cc12. The highest BCUT2D eigenvalue weighted by atomic mass is 19.1. The summed E-state index contributed by atoms with van der Waals surface area (Å²) >= 11 is 0. The van der Waals surface area contributed by atoms with Gasteiger partial charge in [0.05, 0.1) is 5.52 Å². The molecule has 90 valence electrons. The van der Waals surface area contributed by atoms with Crippen LogP contribution in [0.4, 0.5) is 10.2 Å². The van der Waals surface area contributed by atoms with Gasteiger partial charge < -0.3 is 5.73 Å². The molecule has 0 aliphatic rings. The van der Waals surface area contributed by atoms with Crippen LogP contribution in [0.25, 0.3) is 10.9 Å². The normalized spacial score (nSPS) is 10.9. The van der Waals surface area contributed by atoms with Crippen LogP contribution in [0.15, 0.2) is 42.5 Å². The Balaban J connectivity index is 2.00. The largest absolute Gasteiger partial charge is 0.382 e. The van der Waals surface area contributed by atoms with Crippen LogP contribution in [0.1, 0.15) is 11.1 Å². The van der Waals surface area contributed by atoms with Crippen molar-refractivity contribution < 1.29 is 4.39 Å². The molecule has 3 rings (SSSR count). The first-order valence-electron chi connectivity index (χ1n) is 5.70. The number of H-pyrrole nitrogens is 1. The number of anilines is 1. The Labute approximate surface area is 103 Å². The second-order valence-corrected chi connectivity index (χ2v) is 4.26. The Morgan fingerprint density at radius 2 is 2.00 bits per heavy atom. The van der Waals surface area contributed by atoms with E-state index < -0.39 is 0 Å². The molecule has 0 aliphatic heterocycles. The zero-order valence-corrected chi connectivity index (χ0v) is 9.65. The third kappa shape index (κ3) is 1.82. The summed E-state index contributed by atoms with van der Waals surface area (Å²) in [4.78, 5) is 0. The highest BCUT2D eigenvalue weighted by Crippen LogP contribution is 2.21. The van der Waals surface area contributed by atoms with E-state index in [9.17, 15) is 4.39 Å². The summed E-state index contributed by atoms with van der Waals surface area (Å²) < 4.78 is 13.6. The average molecular weight is 241 g/mol. The van der Waals surface area contributed by atoms with Gasteiger partial charge in [0, 0.05) is 11.8 Å². The molecule has 0 unspecified atom stereocenters. The summed E-state index contributed by atoms with van der Waals surface area (Å²) in [5.41, 5.74) is 8.34. The van der Waals surface area contributed by atoms with Gasteiger partial charge in [0.2, 0.25) is 0 Å². The van der Waals surface area contributed by atoms with Crippen LogP contribution in [0.5, 0.6) is 0 Å². The van der Waals surface area contributed by atoms with Crippen LogP contribution in [0.3, 0.4) is 0 Å². The molecule has 18 heavy (non-hydrogen) atoms. The van der Waals surface area contributed by atoms with Crippen molar-refractivity contribution in [3.63, 3.8) is 0 Å². The number of nitrogens with one attached hydrogen (secondary N) is 1. The van der Waals surface area contributed by atoms with Gasteiger partial charge in [-0.3, -0.25) is 5.10 Å². The molecule has 1 aromatic heterocycles. The lowest BCUT2D eigenvalue weighted by atomic mass is 10.0. The highest BCUT2D eigenvalue weighted by molar-refractivity contribution is 5.89. The molecule has 0 bridgehead atoms. The first-order chi connectivity index (χ1) is 8.74. The Kier molecular flexibility index (Phi) is 2.48. The van der Waals surface area contributed by atoms with Gasteiger partial charge in [-0.1, -0.05) is 24.3 Å². The summed E-state index contributed by atoms with van der Waals surface area (Å²) in [6, 6.07) is 12.6. The maximum Gasteiger partial charge on any atom is 0.153 e. The maximum absolute atomic E-state index is 13.6. The second-order valence-electron chi connectivity index (χ2n) is 4.26. The molecular weight excluding hydrogens is 229 g/mol. The zero-order chi connectivity index (χ0) is 12.5. The van der Waals surface area contributed by atoms with Crippen LogP contribution in [0, 0.1) is 5.82 Å². The monoisotopic (exact) mass is 241 g/mol. The zero-order valence-electron chi connectivity index (χ0n) is 9.65. The molecule has 4 heteroatoms. The van der Waals surface area contributed by atoms with Gasteiger partial charge in [0.1, 0.15) is 5.82 Å². The number of nitrogens with zero attached hydrogens (tertiary/aromatic N) is 1. The van der Waals surface area contributed by atoms with Crippen molar-refractivity contribution in [2.24, 2.45) is 0 Å². The first kappa shape index (κ1) is 10.8. The number of aromatic nitrogens is 2. The Bertz CT molecular complexity index is 703. The third-order valence-electron chi connectivity index (χ3n) is 3.01. The summed E-state index contributed by atoms with van der Waals surface area (Å²) in [5.74, 6) is 0.290. The summed E-state index contributed by atoms with van der Waals surface area (Å²) in [6.07, 6.45) is 0.549. The minimum absolute atomic E-state index is 0.183. The predicted molar refractivity (Wildman–Crippen MR) is 69.7 cm³/mol. The van der Waals surface area contributed by atoms with Gasteiger partial charge >= 0.3 is 0 Å². The number of halogens is 1. The van der Waals surface area contributed by atoms with Gasteiger partial charge in [-0.25, -0.2) is 4.39 Å². The minimum atomic E-state index is -0.183. The van der Waals surface area contributed by atoms with Gasteiger partial charge in [-0.05, 0) is 29.3 Å². The van der Waals surface area contributed by atoms with Crippen LogP contribution in [-0.4, -0.2) is 10.2 Å².